The van der Waals surface area contributed by atoms with Crippen LogP contribution in [0.15, 0.2) is 94.9 Å². The highest BCUT2D eigenvalue weighted by Gasteiger charge is 2.26. The summed E-state index contributed by atoms with van der Waals surface area (Å²) in [6, 6.07) is 25.7. The molecule has 5 aromatic rings. The Kier molecular flexibility index (Phi) is 4.40. The number of anilines is 1. The zero-order valence-electron chi connectivity index (χ0n) is 15.8. The van der Waals surface area contributed by atoms with E-state index in [1.54, 1.807) is 18.2 Å². The molecule has 5 rings (SSSR count). The Hall–Kier alpha value is -3.78. The van der Waals surface area contributed by atoms with Gasteiger partial charge in [-0.3, -0.25) is 0 Å². The first kappa shape index (κ1) is 18.3. The Morgan fingerprint density at radius 3 is 2.27 bits per heavy atom. The van der Waals surface area contributed by atoms with E-state index in [-0.39, 0.29) is 15.6 Å². The van der Waals surface area contributed by atoms with Crippen LogP contribution in [-0.4, -0.2) is 28.2 Å². The van der Waals surface area contributed by atoms with Crippen molar-refractivity contribution < 1.29 is 8.42 Å². The number of rotatable bonds is 5. The van der Waals surface area contributed by atoms with E-state index in [0.717, 1.165) is 16.5 Å². The van der Waals surface area contributed by atoms with Gasteiger partial charge in [-0.25, -0.2) is 13.4 Å². The predicted molar refractivity (Wildman–Crippen MR) is 114 cm³/mol. The topological polar surface area (TPSA) is 89.2 Å². The fourth-order valence-electron chi connectivity index (χ4n) is 3.35. The van der Waals surface area contributed by atoms with Crippen molar-refractivity contribution in [2.45, 2.75) is 16.5 Å². The molecule has 0 amide bonds. The van der Waals surface area contributed by atoms with Crippen molar-refractivity contribution in [2.24, 2.45) is 0 Å². The van der Waals surface area contributed by atoms with E-state index in [0.29, 0.717) is 12.4 Å². The summed E-state index contributed by atoms with van der Waals surface area (Å²) in [5.74, 6) is 0.578. The normalized spacial score (nSPS) is 11.7. The highest BCUT2D eigenvalue weighted by molar-refractivity contribution is 7.91. The van der Waals surface area contributed by atoms with E-state index in [4.69, 9.17) is 0 Å². The minimum Gasteiger partial charge on any atom is -0.365 e. The molecule has 0 fully saturated rings. The first-order valence-electron chi connectivity index (χ1n) is 9.37. The summed E-state index contributed by atoms with van der Waals surface area (Å²) >= 11 is 0. The van der Waals surface area contributed by atoms with Gasteiger partial charge in [0.2, 0.25) is 14.9 Å². The van der Waals surface area contributed by atoms with Crippen LogP contribution >= 0.6 is 0 Å². The molecule has 0 spiro atoms. The van der Waals surface area contributed by atoms with Crippen LogP contribution in [0.5, 0.6) is 0 Å². The van der Waals surface area contributed by atoms with Crippen molar-refractivity contribution in [3.8, 4) is 0 Å². The quantitative estimate of drug-likeness (QED) is 0.471. The molecule has 7 nitrogen and oxygen atoms in total. The molecule has 0 aliphatic heterocycles. The molecule has 0 bridgehead atoms. The van der Waals surface area contributed by atoms with Gasteiger partial charge in [-0.15, -0.1) is 5.10 Å². The van der Waals surface area contributed by atoms with Gasteiger partial charge in [0.1, 0.15) is 5.82 Å². The summed E-state index contributed by atoms with van der Waals surface area (Å²) in [6.07, 6.45) is 0. The van der Waals surface area contributed by atoms with Gasteiger partial charge in [-0.2, -0.15) is 4.52 Å². The third-order valence-corrected chi connectivity index (χ3v) is 6.50. The standard InChI is InChI=1S/C22H17N5O2S/c28-30(29,17-11-5-2-6-12-17)22-21-24-20(23-15-16-9-3-1-4-10-16)18-13-7-8-14-19(18)27(21)26-25-22/h1-14H,15H2,(H,23,24). The molecular formula is C22H17N5O2S. The minimum atomic E-state index is -3.86. The Balaban J connectivity index is 1.68. The molecule has 3 aromatic carbocycles. The summed E-state index contributed by atoms with van der Waals surface area (Å²) < 4.78 is 27.8. The van der Waals surface area contributed by atoms with Crippen molar-refractivity contribution in [3.63, 3.8) is 0 Å². The Morgan fingerprint density at radius 1 is 0.833 bits per heavy atom. The zero-order valence-corrected chi connectivity index (χ0v) is 16.6. The van der Waals surface area contributed by atoms with E-state index in [1.165, 1.54) is 16.6 Å². The van der Waals surface area contributed by atoms with E-state index in [2.05, 4.69) is 20.6 Å². The van der Waals surface area contributed by atoms with E-state index in [1.807, 2.05) is 54.6 Å². The van der Waals surface area contributed by atoms with Gasteiger partial charge in [-0.1, -0.05) is 65.9 Å². The van der Waals surface area contributed by atoms with Crippen molar-refractivity contribution in [2.75, 3.05) is 5.32 Å². The molecule has 0 aliphatic rings. The first-order valence-corrected chi connectivity index (χ1v) is 10.8. The van der Waals surface area contributed by atoms with Crippen LogP contribution in [0.3, 0.4) is 0 Å². The fraction of sp³-hybridized carbons (Fsp3) is 0.0455. The number of fused-ring (bicyclic) bond motifs is 3. The van der Waals surface area contributed by atoms with Crippen molar-refractivity contribution in [3.05, 3.63) is 90.5 Å². The second kappa shape index (κ2) is 7.23. The molecule has 0 saturated carbocycles. The molecule has 0 atom stereocenters. The van der Waals surface area contributed by atoms with Crippen LogP contribution in [0, 0.1) is 0 Å². The Bertz CT molecular complexity index is 1450. The maximum absolute atomic E-state index is 13.2. The van der Waals surface area contributed by atoms with Gasteiger partial charge in [0.15, 0.2) is 5.65 Å². The van der Waals surface area contributed by atoms with Gasteiger partial charge in [0.05, 0.1) is 10.4 Å². The smallest absolute Gasteiger partial charge is 0.229 e. The van der Waals surface area contributed by atoms with Crippen LogP contribution in [-0.2, 0) is 16.4 Å². The summed E-state index contributed by atoms with van der Waals surface area (Å²) in [4.78, 5) is 4.77. The highest BCUT2D eigenvalue weighted by Crippen LogP contribution is 2.28. The van der Waals surface area contributed by atoms with E-state index < -0.39 is 9.84 Å². The number of hydrogen-bond donors (Lipinski definition) is 1. The largest absolute Gasteiger partial charge is 0.365 e. The second-order valence-electron chi connectivity index (χ2n) is 6.76. The molecule has 0 radical (unpaired) electrons. The molecule has 0 aliphatic carbocycles. The van der Waals surface area contributed by atoms with Crippen molar-refractivity contribution in [1.29, 1.82) is 0 Å². The highest BCUT2D eigenvalue weighted by atomic mass is 32.2. The fourth-order valence-corrected chi connectivity index (χ4v) is 4.60. The average molecular weight is 415 g/mol. The number of aromatic nitrogens is 4. The van der Waals surface area contributed by atoms with Crippen LogP contribution in [0.2, 0.25) is 0 Å². The summed E-state index contributed by atoms with van der Waals surface area (Å²) in [7, 11) is -3.86. The first-order chi connectivity index (χ1) is 14.6. The zero-order chi connectivity index (χ0) is 20.6. The maximum atomic E-state index is 13.2. The number of sulfone groups is 1. The number of hydrogen-bond acceptors (Lipinski definition) is 6. The Labute approximate surface area is 172 Å². The van der Waals surface area contributed by atoms with Gasteiger partial charge < -0.3 is 5.32 Å². The number of para-hydroxylation sites is 1. The molecule has 1 N–H and O–H groups in total. The van der Waals surface area contributed by atoms with Gasteiger partial charge in [0.25, 0.3) is 0 Å². The van der Waals surface area contributed by atoms with Crippen molar-refractivity contribution >= 4 is 32.2 Å². The molecular weight excluding hydrogens is 398 g/mol. The molecule has 8 heteroatoms. The van der Waals surface area contributed by atoms with Gasteiger partial charge in [-0.05, 0) is 29.8 Å². The SMILES string of the molecule is O=S(=O)(c1ccccc1)c1nnn2c1nc(NCc1ccccc1)c1ccccc12. The number of nitrogens with one attached hydrogen (secondary N) is 1. The lowest BCUT2D eigenvalue weighted by Crippen LogP contribution is -2.07. The minimum absolute atomic E-state index is 0.154. The molecule has 2 heterocycles. The maximum Gasteiger partial charge on any atom is 0.229 e. The molecule has 2 aromatic heterocycles. The number of nitrogens with zero attached hydrogens (tertiary/aromatic N) is 4. The lowest BCUT2D eigenvalue weighted by Gasteiger charge is -2.10. The van der Waals surface area contributed by atoms with Gasteiger partial charge in [0, 0.05) is 11.9 Å². The second-order valence-corrected chi connectivity index (χ2v) is 8.63. The van der Waals surface area contributed by atoms with Crippen LogP contribution in [0.25, 0.3) is 16.6 Å². The Morgan fingerprint density at radius 2 is 1.50 bits per heavy atom. The summed E-state index contributed by atoms with van der Waals surface area (Å²) in [5.41, 5.74) is 2.00. The molecule has 30 heavy (non-hydrogen) atoms. The molecule has 0 saturated heterocycles. The van der Waals surface area contributed by atoms with Crippen molar-refractivity contribution in [1.82, 2.24) is 19.8 Å². The van der Waals surface area contributed by atoms with Crippen LogP contribution in [0.1, 0.15) is 5.56 Å². The lowest BCUT2D eigenvalue weighted by molar-refractivity contribution is 0.592. The van der Waals surface area contributed by atoms with Crippen LogP contribution in [0.4, 0.5) is 5.82 Å². The van der Waals surface area contributed by atoms with Crippen LogP contribution < -0.4 is 5.32 Å². The van der Waals surface area contributed by atoms with Gasteiger partial charge >= 0.3 is 0 Å². The third kappa shape index (κ3) is 3.07. The lowest BCUT2D eigenvalue weighted by atomic mass is 10.2. The summed E-state index contributed by atoms with van der Waals surface area (Å²) in [6.45, 7) is 0.552. The molecule has 0 unspecified atom stereocenters. The van der Waals surface area contributed by atoms with E-state index >= 15 is 0 Å². The number of benzene rings is 3. The average Bonchev–Trinajstić information content (AvgIpc) is 3.24. The summed E-state index contributed by atoms with van der Waals surface area (Å²) in [5, 5.41) is 12.1. The monoisotopic (exact) mass is 415 g/mol. The third-order valence-electron chi connectivity index (χ3n) is 4.83. The predicted octanol–water partition coefficient (Wildman–Crippen LogP) is 3.72. The van der Waals surface area contributed by atoms with E-state index in [9.17, 15) is 8.42 Å². The molecule has 148 valence electrons.